The summed E-state index contributed by atoms with van der Waals surface area (Å²) >= 11 is 0. The minimum absolute atomic E-state index is 0.0436. The predicted octanol–water partition coefficient (Wildman–Crippen LogP) is 0.847. The van der Waals surface area contributed by atoms with Crippen LogP contribution in [0.25, 0.3) is 0 Å². The summed E-state index contributed by atoms with van der Waals surface area (Å²) in [4.78, 5) is 35.7. The van der Waals surface area contributed by atoms with E-state index in [4.69, 9.17) is 4.74 Å². The van der Waals surface area contributed by atoms with Crippen LogP contribution in [0.5, 0.6) is 0 Å². The third-order valence-corrected chi connectivity index (χ3v) is 2.80. The number of aryl methyl sites for hydroxylation is 1. The van der Waals surface area contributed by atoms with Crippen molar-refractivity contribution >= 4 is 11.9 Å². The van der Waals surface area contributed by atoms with Gasteiger partial charge < -0.3 is 10.1 Å². The molecule has 7 heteroatoms. The number of carbonyl (C=O) groups is 2. The first-order chi connectivity index (χ1) is 9.53. The van der Waals surface area contributed by atoms with Crippen molar-refractivity contribution in [2.45, 2.75) is 53.2 Å². The van der Waals surface area contributed by atoms with Crippen molar-refractivity contribution in [2.24, 2.45) is 0 Å². The van der Waals surface area contributed by atoms with Gasteiger partial charge in [0.15, 0.2) is 0 Å². The summed E-state index contributed by atoms with van der Waals surface area (Å²) in [5.41, 5.74) is -0.251. The third kappa shape index (κ3) is 4.40. The molecule has 0 aliphatic rings. The molecule has 0 aromatic carbocycles. The van der Waals surface area contributed by atoms with Gasteiger partial charge in [0.25, 0.3) is 11.5 Å². The number of amides is 1. The Kier molecular flexibility index (Phi) is 4.88. The number of carbonyl (C=O) groups excluding carboxylic acids is 2. The van der Waals surface area contributed by atoms with Crippen LogP contribution in [0.2, 0.25) is 0 Å². The Morgan fingerprint density at radius 3 is 2.38 bits per heavy atom. The molecule has 0 unspecified atom stereocenters. The summed E-state index contributed by atoms with van der Waals surface area (Å²) in [5.74, 6) is -1.19. The molecule has 1 heterocycles. The molecule has 0 saturated heterocycles. The fourth-order valence-electron chi connectivity index (χ4n) is 1.62. The normalized spacial score (nSPS) is 12.7. The molecule has 0 radical (unpaired) electrons. The van der Waals surface area contributed by atoms with Crippen molar-refractivity contribution in [3.8, 4) is 0 Å². The van der Waals surface area contributed by atoms with E-state index in [9.17, 15) is 14.4 Å². The van der Waals surface area contributed by atoms with Crippen molar-refractivity contribution < 1.29 is 14.3 Å². The van der Waals surface area contributed by atoms with Crippen molar-refractivity contribution in [2.75, 3.05) is 0 Å². The zero-order chi connectivity index (χ0) is 16.4. The lowest BCUT2D eigenvalue weighted by atomic mass is 10.1. The molecule has 116 valence electrons. The van der Waals surface area contributed by atoms with Crippen molar-refractivity contribution in [3.63, 3.8) is 0 Å². The lowest BCUT2D eigenvalue weighted by molar-refractivity contribution is -0.156. The van der Waals surface area contributed by atoms with Crippen LogP contribution in [0.4, 0.5) is 0 Å². The van der Waals surface area contributed by atoms with Gasteiger partial charge in [-0.05, 0) is 47.1 Å². The second-order valence-electron chi connectivity index (χ2n) is 5.87. The van der Waals surface area contributed by atoms with Gasteiger partial charge >= 0.3 is 5.97 Å². The fraction of sp³-hybridized carbons (Fsp3) is 0.571. The summed E-state index contributed by atoms with van der Waals surface area (Å²) in [5, 5.41) is 8.49. The van der Waals surface area contributed by atoms with E-state index in [0.717, 1.165) is 0 Å². The molecule has 7 nitrogen and oxygen atoms in total. The van der Waals surface area contributed by atoms with E-state index >= 15 is 0 Å². The standard InChI is InChI=1S/C14H21N3O4/c1-7-8(2)16-17-12(19)10(7)11(18)15-9(3)13(20)21-14(4,5)6/h9H,1-6H3,(H,15,18)(H,17,19)/t9-/m1/s1. The molecular weight excluding hydrogens is 274 g/mol. The third-order valence-electron chi connectivity index (χ3n) is 2.80. The zero-order valence-corrected chi connectivity index (χ0v) is 13.2. The monoisotopic (exact) mass is 295 g/mol. The van der Waals surface area contributed by atoms with Gasteiger partial charge in [-0.2, -0.15) is 5.10 Å². The average molecular weight is 295 g/mol. The number of nitrogens with zero attached hydrogens (tertiary/aromatic N) is 1. The van der Waals surface area contributed by atoms with E-state index in [2.05, 4.69) is 15.5 Å². The molecule has 0 bridgehead atoms. The maximum absolute atomic E-state index is 12.2. The summed E-state index contributed by atoms with van der Waals surface area (Å²) < 4.78 is 5.17. The first kappa shape index (κ1) is 16.9. The highest BCUT2D eigenvalue weighted by Gasteiger charge is 2.25. The largest absolute Gasteiger partial charge is 0.458 e. The van der Waals surface area contributed by atoms with Crippen molar-refractivity contribution in [1.29, 1.82) is 0 Å². The summed E-state index contributed by atoms with van der Waals surface area (Å²) in [6.45, 7) is 10.0. The Morgan fingerprint density at radius 1 is 1.29 bits per heavy atom. The van der Waals surface area contributed by atoms with Gasteiger partial charge in [0.05, 0.1) is 5.69 Å². The molecule has 0 spiro atoms. The Labute approximate surface area is 123 Å². The topological polar surface area (TPSA) is 101 Å². The second kappa shape index (κ2) is 6.07. The summed E-state index contributed by atoms with van der Waals surface area (Å²) in [6.07, 6.45) is 0. The fourth-order valence-corrected chi connectivity index (χ4v) is 1.62. The number of hydrogen-bond acceptors (Lipinski definition) is 5. The molecule has 0 aliphatic carbocycles. The number of hydrogen-bond donors (Lipinski definition) is 2. The quantitative estimate of drug-likeness (QED) is 0.805. The Hall–Kier alpha value is -2.18. The molecule has 0 fully saturated rings. The van der Waals surface area contributed by atoms with E-state index in [1.54, 1.807) is 34.6 Å². The highest BCUT2D eigenvalue weighted by atomic mass is 16.6. The Bertz CT molecular complexity index is 614. The summed E-state index contributed by atoms with van der Waals surface area (Å²) in [6, 6.07) is -0.857. The van der Waals surface area contributed by atoms with Gasteiger partial charge in [-0.15, -0.1) is 0 Å². The van der Waals surface area contributed by atoms with Crippen LogP contribution in [0.15, 0.2) is 4.79 Å². The molecule has 1 aromatic rings. The van der Waals surface area contributed by atoms with Crippen LogP contribution >= 0.6 is 0 Å². The minimum Gasteiger partial charge on any atom is -0.458 e. The first-order valence-corrected chi connectivity index (χ1v) is 6.62. The van der Waals surface area contributed by atoms with E-state index in [1.807, 2.05) is 0 Å². The van der Waals surface area contributed by atoms with Gasteiger partial charge in [0.2, 0.25) is 0 Å². The molecule has 0 saturated carbocycles. The number of nitrogens with one attached hydrogen (secondary N) is 2. The maximum atomic E-state index is 12.2. The van der Waals surface area contributed by atoms with E-state index in [1.165, 1.54) is 6.92 Å². The molecule has 1 rings (SSSR count). The lowest BCUT2D eigenvalue weighted by Gasteiger charge is -2.22. The number of aromatic nitrogens is 2. The first-order valence-electron chi connectivity index (χ1n) is 6.62. The molecular formula is C14H21N3O4. The Balaban J connectivity index is 2.90. The number of H-pyrrole nitrogens is 1. The predicted molar refractivity (Wildman–Crippen MR) is 77.1 cm³/mol. The molecule has 1 aromatic heterocycles. The second-order valence-corrected chi connectivity index (χ2v) is 5.87. The highest BCUT2D eigenvalue weighted by Crippen LogP contribution is 2.09. The number of rotatable bonds is 3. The van der Waals surface area contributed by atoms with Gasteiger partial charge in [-0.25, -0.2) is 9.89 Å². The Morgan fingerprint density at radius 2 is 1.86 bits per heavy atom. The number of aromatic amines is 1. The lowest BCUT2D eigenvalue weighted by Crippen LogP contribution is -2.44. The SMILES string of the molecule is Cc1n[nH]c(=O)c(C(=O)N[C@H](C)C(=O)OC(C)(C)C)c1C. The van der Waals surface area contributed by atoms with Crippen LogP contribution in [0, 0.1) is 13.8 Å². The number of ether oxygens (including phenoxy) is 1. The molecule has 2 N–H and O–H groups in total. The van der Waals surface area contributed by atoms with Crippen LogP contribution in [-0.2, 0) is 9.53 Å². The van der Waals surface area contributed by atoms with Gasteiger partial charge in [0, 0.05) is 0 Å². The van der Waals surface area contributed by atoms with Gasteiger partial charge in [-0.3, -0.25) is 9.59 Å². The molecule has 1 atom stereocenters. The zero-order valence-electron chi connectivity index (χ0n) is 13.2. The number of esters is 1. The van der Waals surface area contributed by atoms with Crippen LogP contribution in [0.3, 0.4) is 0 Å². The van der Waals surface area contributed by atoms with E-state index in [-0.39, 0.29) is 5.56 Å². The maximum Gasteiger partial charge on any atom is 0.328 e. The van der Waals surface area contributed by atoms with E-state index < -0.39 is 29.1 Å². The van der Waals surface area contributed by atoms with Crippen LogP contribution in [0.1, 0.15) is 49.3 Å². The van der Waals surface area contributed by atoms with E-state index in [0.29, 0.717) is 11.3 Å². The van der Waals surface area contributed by atoms with Gasteiger partial charge in [0.1, 0.15) is 17.2 Å². The molecule has 21 heavy (non-hydrogen) atoms. The minimum atomic E-state index is -0.857. The molecule has 1 amide bonds. The van der Waals surface area contributed by atoms with Crippen LogP contribution in [-0.4, -0.2) is 33.7 Å². The van der Waals surface area contributed by atoms with Crippen LogP contribution < -0.4 is 10.9 Å². The molecule has 0 aliphatic heterocycles. The smallest absolute Gasteiger partial charge is 0.328 e. The highest BCUT2D eigenvalue weighted by molar-refractivity contribution is 5.97. The average Bonchev–Trinajstić information content (AvgIpc) is 2.32. The van der Waals surface area contributed by atoms with Crippen molar-refractivity contribution in [3.05, 3.63) is 27.2 Å². The summed E-state index contributed by atoms with van der Waals surface area (Å²) in [7, 11) is 0. The van der Waals surface area contributed by atoms with Gasteiger partial charge in [-0.1, -0.05) is 0 Å². The van der Waals surface area contributed by atoms with Crippen molar-refractivity contribution in [1.82, 2.24) is 15.5 Å².